The summed E-state index contributed by atoms with van der Waals surface area (Å²) >= 11 is 0. The maximum absolute atomic E-state index is 13.1. The molecule has 0 atom stereocenters. The summed E-state index contributed by atoms with van der Waals surface area (Å²) < 4.78 is 13.1. The number of carbonyl (C=O) groups is 2. The number of anilines is 1. The molecule has 2 amide bonds. The molecule has 0 fully saturated rings. The maximum atomic E-state index is 13.1. The molecular weight excluding hydrogens is 333 g/mol. The molecule has 2 aromatic carbocycles. The number of nitrogens with one attached hydrogen (secondary N) is 1. The number of aryl methyl sites for hydroxylation is 1. The highest BCUT2D eigenvalue weighted by molar-refractivity contribution is 6.47. The predicted octanol–water partition coefficient (Wildman–Crippen LogP) is 3.14. The van der Waals surface area contributed by atoms with Crippen molar-refractivity contribution in [1.29, 1.82) is 0 Å². The molecule has 1 N–H and O–H groups in total. The minimum Gasteiger partial charge on any atom is -0.324 e. The number of aliphatic imine (C=N–C) groups is 1. The Labute approximate surface area is 151 Å². The fourth-order valence-corrected chi connectivity index (χ4v) is 2.87. The highest BCUT2D eigenvalue weighted by atomic mass is 19.1. The molecule has 0 aliphatic carbocycles. The van der Waals surface area contributed by atoms with Gasteiger partial charge in [0.05, 0.1) is 0 Å². The third kappa shape index (κ3) is 3.49. The topological polar surface area (TPSA) is 61.8 Å². The zero-order valence-electron chi connectivity index (χ0n) is 14.9. The lowest BCUT2D eigenvalue weighted by Crippen LogP contribution is -2.46. The summed E-state index contributed by atoms with van der Waals surface area (Å²) in [6, 6.07) is 13.0. The molecule has 1 aliphatic heterocycles. The molecule has 26 heavy (non-hydrogen) atoms. The normalized spacial score (nSPS) is 15.8. The lowest BCUT2D eigenvalue weighted by molar-refractivity contribution is -0.131. The third-order valence-electron chi connectivity index (χ3n) is 4.33. The Balaban J connectivity index is 1.77. The summed E-state index contributed by atoms with van der Waals surface area (Å²) in [4.78, 5) is 31.1. The first-order chi connectivity index (χ1) is 12.3. The maximum Gasteiger partial charge on any atom is 0.275 e. The quantitative estimate of drug-likeness (QED) is 0.918. The number of halogens is 1. The number of nitrogens with zero attached hydrogens (tertiary/aromatic N) is 2. The van der Waals surface area contributed by atoms with Crippen LogP contribution in [0.15, 0.2) is 53.5 Å². The van der Waals surface area contributed by atoms with Gasteiger partial charge in [-0.15, -0.1) is 0 Å². The highest BCUT2D eigenvalue weighted by Gasteiger charge is 2.41. The molecule has 1 heterocycles. The Bertz CT molecular complexity index is 888. The number of hydrogen-bond donors (Lipinski definition) is 1. The Hall–Kier alpha value is -3.02. The van der Waals surface area contributed by atoms with Crippen LogP contribution in [0.4, 0.5) is 10.1 Å². The van der Waals surface area contributed by atoms with Gasteiger partial charge in [0.1, 0.15) is 23.7 Å². The molecule has 0 radical (unpaired) electrons. The largest absolute Gasteiger partial charge is 0.324 e. The van der Waals surface area contributed by atoms with Gasteiger partial charge in [-0.3, -0.25) is 14.6 Å². The van der Waals surface area contributed by atoms with Crippen molar-refractivity contribution >= 4 is 23.2 Å². The minimum absolute atomic E-state index is 0.117. The van der Waals surface area contributed by atoms with Crippen LogP contribution in [-0.2, 0) is 9.59 Å². The fraction of sp³-hybridized carbons (Fsp3) is 0.250. The van der Waals surface area contributed by atoms with Crippen LogP contribution in [0.1, 0.15) is 25.0 Å². The Morgan fingerprint density at radius 3 is 2.46 bits per heavy atom. The smallest absolute Gasteiger partial charge is 0.275 e. The zero-order chi connectivity index (χ0) is 18.9. The van der Waals surface area contributed by atoms with E-state index < -0.39 is 5.66 Å². The van der Waals surface area contributed by atoms with Crippen molar-refractivity contribution in [2.24, 2.45) is 4.99 Å². The van der Waals surface area contributed by atoms with Crippen LogP contribution >= 0.6 is 0 Å². The monoisotopic (exact) mass is 353 g/mol. The first-order valence-electron chi connectivity index (χ1n) is 8.31. The van der Waals surface area contributed by atoms with Gasteiger partial charge in [0.25, 0.3) is 5.91 Å². The van der Waals surface area contributed by atoms with Crippen LogP contribution in [0.3, 0.4) is 0 Å². The first-order valence-corrected chi connectivity index (χ1v) is 8.31. The summed E-state index contributed by atoms with van der Waals surface area (Å²) in [5.74, 6) is -1.02. The minimum atomic E-state index is -0.857. The molecule has 0 aromatic heterocycles. The van der Waals surface area contributed by atoms with E-state index in [1.165, 1.54) is 29.2 Å². The molecule has 0 bridgehead atoms. The second-order valence-corrected chi connectivity index (χ2v) is 6.72. The SMILES string of the molecule is Cc1ccccc1NC(=O)CN1C(=O)C(c2ccc(F)cc2)=NC1(C)C. The summed E-state index contributed by atoms with van der Waals surface area (Å²) in [6.45, 7) is 5.32. The van der Waals surface area contributed by atoms with Crippen molar-refractivity contribution in [2.75, 3.05) is 11.9 Å². The van der Waals surface area contributed by atoms with E-state index in [1.54, 1.807) is 13.8 Å². The lowest BCUT2D eigenvalue weighted by atomic mass is 10.1. The number of amides is 2. The van der Waals surface area contributed by atoms with E-state index in [1.807, 2.05) is 31.2 Å². The van der Waals surface area contributed by atoms with E-state index in [0.29, 0.717) is 11.3 Å². The van der Waals surface area contributed by atoms with Gasteiger partial charge < -0.3 is 10.2 Å². The van der Waals surface area contributed by atoms with Gasteiger partial charge in [0.2, 0.25) is 5.91 Å². The third-order valence-corrected chi connectivity index (χ3v) is 4.33. The molecule has 0 unspecified atom stereocenters. The molecule has 2 aromatic rings. The molecule has 6 heteroatoms. The van der Waals surface area contributed by atoms with Gasteiger partial charge in [-0.05, 0) is 56.7 Å². The van der Waals surface area contributed by atoms with Crippen molar-refractivity contribution < 1.29 is 14.0 Å². The molecule has 0 spiro atoms. The van der Waals surface area contributed by atoms with Crippen molar-refractivity contribution in [3.63, 3.8) is 0 Å². The lowest BCUT2D eigenvalue weighted by Gasteiger charge is -2.28. The average molecular weight is 353 g/mol. The molecule has 0 saturated carbocycles. The van der Waals surface area contributed by atoms with Gasteiger partial charge in [-0.1, -0.05) is 18.2 Å². The van der Waals surface area contributed by atoms with E-state index >= 15 is 0 Å². The van der Waals surface area contributed by atoms with Crippen LogP contribution in [-0.4, -0.2) is 34.6 Å². The number of rotatable bonds is 4. The molecule has 0 saturated heterocycles. The second-order valence-electron chi connectivity index (χ2n) is 6.72. The van der Waals surface area contributed by atoms with Crippen LogP contribution in [0.2, 0.25) is 0 Å². The van der Waals surface area contributed by atoms with Crippen molar-refractivity contribution in [1.82, 2.24) is 4.90 Å². The van der Waals surface area contributed by atoms with Crippen LogP contribution < -0.4 is 5.32 Å². The van der Waals surface area contributed by atoms with Crippen molar-refractivity contribution in [2.45, 2.75) is 26.4 Å². The van der Waals surface area contributed by atoms with Crippen LogP contribution in [0, 0.1) is 12.7 Å². The van der Waals surface area contributed by atoms with Gasteiger partial charge in [-0.2, -0.15) is 0 Å². The van der Waals surface area contributed by atoms with Gasteiger partial charge in [0.15, 0.2) is 0 Å². The van der Waals surface area contributed by atoms with E-state index in [4.69, 9.17) is 0 Å². The van der Waals surface area contributed by atoms with Gasteiger partial charge in [0, 0.05) is 11.3 Å². The molecule has 1 aliphatic rings. The highest BCUT2D eigenvalue weighted by Crippen LogP contribution is 2.26. The van der Waals surface area contributed by atoms with E-state index in [9.17, 15) is 14.0 Å². The zero-order valence-corrected chi connectivity index (χ0v) is 14.9. The van der Waals surface area contributed by atoms with Gasteiger partial charge in [-0.25, -0.2) is 4.39 Å². The summed E-state index contributed by atoms with van der Waals surface area (Å²) in [6.07, 6.45) is 0. The number of para-hydroxylation sites is 1. The second kappa shape index (κ2) is 6.71. The Morgan fingerprint density at radius 2 is 1.81 bits per heavy atom. The van der Waals surface area contributed by atoms with E-state index in [-0.39, 0.29) is 29.9 Å². The predicted molar refractivity (Wildman–Crippen MR) is 98.5 cm³/mol. The van der Waals surface area contributed by atoms with Crippen molar-refractivity contribution in [3.8, 4) is 0 Å². The summed E-state index contributed by atoms with van der Waals surface area (Å²) in [7, 11) is 0. The molecule has 3 rings (SSSR count). The number of benzene rings is 2. The van der Waals surface area contributed by atoms with E-state index in [2.05, 4.69) is 10.3 Å². The fourth-order valence-electron chi connectivity index (χ4n) is 2.87. The first kappa shape index (κ1) is 17.8. The number of hydrogen-bond acceptors (Lipinski definition) is 3. The number of carbonyl (C=O) groups excluding carboxylic acids is 2. The molecular formula is C20H20FN3O2. The molecule has 134 valence electrons. The Kier molecular flexibility index (Phi) is 4.59. The van der Waals surface area contributed by atoms with Gasteiger partial charge >= 0.3 is 0 Å². The van der Waals surface area contributed by atoms with Crippen LogP contribution in [0.25, 0.3) is 0 Å². The summed E-state index contributed by atoms with van der Waals surface area (Å²) in [5.41, 5.74) is 1.56. The standard InChI is InChI=1S/C20H20FN3O2/c1-13-6-4-5-7-16(13)22-17(25)12-24-19(26)18(23-20(24,2)3)14-8-10-15(21)11-9-14/h4-11H,12H2,1-3H3,(H,22,25). The van der Waals surface area contributed by atoms with Crippen LogP contribution in [0.5, 0.6) is 0 Å². The Morgan fingerprint density at radius 1 is 1.15 bits per heavy atom. The average Bonchev–Trinajstić information content (AvgIpc) is 2.81. The van der Waals surface area contributed by atoms with E-state index in [0.717, 1.165) is 5.56 Å². The summed E-state index contributed by atoms with van der Waals surface area (Å²) in [5, 5.41) is 2.82. The van der Waals surface area contributed by atoms with Crippen molar-refractivity contribution in [3.05, 3.63) is 65.5 Å². The molecule has 5 nitrogen and oxygen atoms in total.